The lowest BCUT2D eigenvalue weighted by Gasteiger charge is -2.35. The number of hydrogen-bond acceptors (Lipinski definition) is 4. The van der Waals surface area contributed by atoms with Crippen LogP contribution in [0.2, 0.25) is 0 Å². The number of carbonyl (C=O) groups is 1. The van der Waals surface area contributed by atoms with Gasteiger partial charge in [0.05, 0.1) is 24.5 Å². The van der Waals surface area contributed by atoms with Gasteiger partial charge in [-0.3, -0.25) is 9.48 Å². The Hall–Kier alpha value is -2.11. The summed E-state index contributed by atoms with van der Waals surface area (Å²) in [5, 5.41) is 8.39. The Morgan fingerprint density at radius 1 is 1.39 bits per heavy atom. The number of piperidine rings is 1. The van der Waals surface area contributed by atoms with Crippen molar-refractivity contribution in [3.8, 4) is 0 Å². The number of carbonyl (C=O) groups excluding carboxylic acids is 1. The fourth-order valence-corrected chi connectivity index (χ4v) is 3.32. The van der Waals surface area contributed by atoms with Crippen molar-refractivity contribution < 1.29 is 9.32 Å². The summed E-state index contributed by atoms with van der Waals surface area (Å²) in [6.45, 7) is 7.37. The van der Waals surface area contributed by atoms with Gasteiger partial charge in [0.2, 0.25) is 0 Å². The minimum atomic E-state index is 0.0502. The molecule has 0 N–H and O–H groups in total. The summed E-state index contributed by atoms with van der Waals surface area (Å²) in [4.78, 5) is 15.0. The molecule has 0 saturated carbocycles. The molecule has 0 aliphatic carbocycles. The molecule has 1 atom stereocenters. The molecule has 0 aromatic carbocycles. The Bertz CT molecular complexity index is 689. The molecule has 0 spiro atoms. The molecule has 0 unspecified atom stereocenters. The van der Waals surface area contributed by atoms with E-state index in [0.717, 1.165) is 43.6 Å². The molecule has 3 heterocycles. The monoisotopic (exact) mass is 316 g/mol. The standard InChI is InChI=1S/C17H24N4O2/c1-4-15-16(13(3)23-19-15)17(22)21-8-6-5-7-14(21)11-20-10-12(2)9-18-20/h9-10,14H,4-8,11H2,1-3H3/t14-/m1/s1. The number of aromatic nitrogens is 3. The van der Waals surface area contributed by atoms with Crippen LogP contribution in [0.3, 0.4) is 0 Å². The van der Waals surface area contributed by atoms with Crippen LogP contribution in [-0.2, 0) is 13.0 Å². The summed E-state index contributed by atoms with van der Waals surface area (Å²) in [6.07, 6.45) is 7.80. The van der Waals surface area contributed by atoms with E-state index in [4.69, 9.17) is 4.52 Å². The zero-order valence-electron chi connectivity index (χ0n) is 14.1. The van der Waals surface area contributed by atoms with Crippen LogP contribution in [0.4, 0.5) is 0 Å². The average molecular weight is 316 g/mol. The molecule has 0 bridgehead atoms. The quantitative estimate of drug-likeness (QED) is 0.870. The van der Waals surface area contributed by atoms with Gasteiger partial charge in [-0.1, -0.05) is 12.1 Å². The van der Waals surface area contributed by atoms with Gasteiger partial charge in [-0.25, -0.2) is 0 Å². The predicted octanol–water partition coefficient (Wildman–Crippen LogP) is 2.75. The average Bonchev–Trinajstić information content (AvgIpc) is 3.12. The topological polar surface area (TPSA) is 64.2 Å². The van der Waals surface area contributed by atoms with Crippen LogP contribution < -0.4 is 0 Å². The Morgan fingerprint density at radius 2 is 2.22 bits per heavy atom. The molecule has 1 aliphatic rings. The summed E-state index contributed by atoms with van der Waals surface area (Å²) in [5.74, 6) is 0.667. The lowest BCUT2D eigenvalue weighted by atomic mass is 10.00. The van der Waals surface area contributed by atoms with E-state index < -0.39 is 0 Å². The van der Waals surface area contributed by atoms with E-state index in [2.05, 4.69) is 10.3 Å². The highest BCUT2D eigenvalue weighted by atomic mass is 16.5. The minimum Gasteiger partial charge on any atom is -0.361 e. The maximum absolute atomic E-state index is 13.1. The van der Waals surface area contributed by atoms with Gasteiger partial charge in [0.25, 0.3) is 5.91 Å². The third-order valence-corrected chi connectivity index (χ3v) is 4.53. The third kappa shape index (κ3) is 3.16. The predicted molar refractivity (Wildman–Crippen MR) is 86.3 cm³/mol. The highest BCUT2D eigenvalue weighted by Crippen LogP contribution is 2.24. The molecule has 1 aliphatic heterocycles. The van der Waals surface area contributed by atoms with Gasteiger partial charge >= 0.3 is 0 Å². The van der Waals surface area contributed by atoms with Crippen molar-refractivity contribution in [1.29, 1.82) is 0 Å². The van der Waals surface area contributed by atoms with Crippen LogP contribution in [0.25, 0.3) is 0 Å². The van der Waals surface area contributed by atoms with Crippen molar-refractivity contribution in [3.63, 3.8) is 0 Å². The Kier molecular flexibility index (Phi) is 4.50. The molecule has 6 nitrogen and oxygen atoms in total. The highest BCUT2D eigenvalue weighted by molar-refractivity contribution is 5.96. The van der Waals surface area contributed by atoms with Crippen molar-refractivity contribution >= 4 is 5.91 Å². The second kappa shape index (κ2) is 6.56. The summed E-state index contributed by atoms with van der Waals surface area (Å²) >= 11 is 0. The lowest BCUT2D eigenvalue weighted by molar-refractivity contribution is 0.0581. The van der Waals surface area contributed by atoms with Gasteiger partial charge in [-0.2, -0.15) is 5.10 Å². The minimum absolute atomic E-state index is 0.0502. The van der Waals surface area contributed by atoms with Gasteiger partial charge in [0.15, 0.2) is 0 Å². The second-order valence-corrected chi connectivity index (χ2v) is 6.30. The molecule has 6 heteroatoms. The highest BCUT2D eigenvalue weighted by Gasteiger charge is 2.31. The van der Waals surface area contributed by atoms with Gasteiger partial charge in [0.1, 0.15) is 11.3 Å². The zero-order valence-corrected chi connectivity index (χ0v) is 14.1. The van der Waals surface area contributed by atoms with Crippen LogP contribution >= 0.6 is 0 Å². The lowest BCUT2D eigenvalue weighted by Crippen LogP contribution is -2.46. The fraction of sp³-hybridized carbons (Fsp3) is 0.588. The third-order valence-electron chi connectivity index (χ3n) is 4.53. The van der Waals surface area contributed by atoms with Crippen molar-refractivity contribution in [2.45, 2.75) is 59.0 Å². The van der Waals surface area contributed by atoms with Crippen LogP contribution in [-0.4, -0.2) is 38.3 Å². The van der Waals surface area contributed by atoms with E-state index in [1.54, 1.807) is 0 Å². The van der Waals surface area contributed by atoms with Crippen molar-refractivity contribution in [1.82, 2.24) is 19.8 Å². The Morgan fingerprint density at radius 3 is 2.91 bits per heavy atom. The maximum Gasteiger partial charge on any atom is 0.259 e. The van der Waals surface area contributed by atoms with Crippen molar-refractivity contribution in [2.24, 2.45) is 0 Å². The van der Waals surface area contributed by atoms with Crippen molar-refractivity contribution in [2.75, 3.05) is 6.54 Å². The zero-order chi connectivity index (χ0) is 16.4. The molecule has 0 radical (unpaired) electrons. The largest absolute Gasteiger partial charge is 0.361 e. The normalized spacial score (nSPS) is 18.4. The summed E-state index contributed by atoms with van der Waals surface area (Å²) in [7, 11) is 0. The molecule has 2 aromatic heterocycles. The van der Waals surface area contributed by atoms with E-state index in [9.17, 15) is 4.79 Å². The smallest absolute Gasteiger partial charge is 0.259 e. The van der Waals surface area contributed by atoms with E-state index in [0.29, 0.717) is 17.7 Å². The van der Waals surface area contributed by atoms with E-state index in [1.165, 1.54) is 0 Å². The molecular weight excluding hydrogens is 292 g/mol. The first-order valence-corrected chi connectivity index (χ1v) is 8.35. The van der Waals surface area contributed by atoms with Crippen LogP contribution in [0.1, 0.15) is 53.6 Å². The van der Waals surface area contributed by atoms with Gasteiger partial charge in [0, 0.05) is 12.7 Å². The molecule has 1 fully saturated rings. The Labute approximate surface area is 136 Å². The molecule has 3 rings (SSSR count). The second-order valence-electron chi connectivity index (χ2n) is 6.30. The first kappa shape index (κ1) is 15.8. The van der Waals surface area contributed by atoms with Crippen molar-refractivity contribution in [3.05, 3.63) is 35.0 Å². The SMILES string of the molecule is CCc1noc(C)c1C(=O)N1CCCC[C@@H]1Cn1cc(C)cn1. The number of nitrogens with zero attached hydrogens (tertiary/aromatic N) is 4. The van der Waals surface area contributed by atoms with Gasteiger partial charge in [-0.05, 0) is 45.1 Å². The summed E-state index contributed by atoms with van der Waals surface area (Å²) in [6, 6.07) is 0.176. The summed E-state index contributed by atoms with van der Waals surface area (Å²) < 4.78 is 7.18. The van der Waals surface area contributed by atoms with Crippen LogP contribution in [0.15, 0.2) is 16.9 Å². The number of rotatable bonds is 4. The maximum atomic E-state index is 13.1. The Balaban J connectivity index is 1.83. The number of aryl methyl sites for hydroxylation is 3. The number of amides is 1. The molecule has 1 amide bonds. The molecule has 124 valence electrons. The summed E-state index contributed by atoms with van der Waals surface area (Å²) in [5.41, 5.74) is 2.55. The molecular formula is C17H24N4O2. The van der Waals surface area contributed by atoms with Crippen LogP contribution in [0.5, 0.6) is 0 Å². The first-order chi connectivity index (χ1) is 11.1. The van der Waals surface area contributed by atoms with E-state index in [-0.39, 0.29) is 11.9 Å². The molecule has 2 aromatic rings. The number of likely N-dealkylation sites (tertiary alicyclic amines) is 1. The fourth-order valence-electron chi connectivity index (χ4n) is 3.32. The van der Waals surface area contributed by atoms with Gasteiger partial charge in [-0.15, -0.1) is 0 Å². The van der Waals surface area contributed by atoms with Crippen LogP contribution in [0, 0.1) is 13.8 Å². The van der Waals surface area contributed by atoms with E-state index >= 15 is 0 Å². The van der Waals surface area contributed by atoms with E-state index in [1.807, 2.05) is 42.7 Å². The molecule has 23 heavy (non-hydrogen) atoms. The first-order valence-electron chi connectivity index (χ1n) is 8.35. The molecule has 1 saturated heterocycles. The van der Waals surface area contributed by atoms with Gasteiger partial charge < -0.3 is 9.42 Å². The number of hydrogen-bond donors (Lipinski definition) is 0.